The minimum atomic E-state index is -3.00. The van der Waals surface area contributed by atoms with Gasteiger partial charge in [-0.15, -0.1) is 0 Å². The van der Waals surface area contributed by atoms with E-state index < -0.39 is 12.4 Å². The van der Waals surface area contributed by atoms with E-state index in [2.05, 4.69) is 20.0 Å². The van der Waals surface area contributed by atoms with Crippen LogP contribution in [-0.4, -0.2) is 34.8 Å². The van der Waals surface area contributed by atoms with Crippen molar-refractivity contribution in [3.05, 3.63) is 58.6 Å². The third-order valence-corrected chi connectivity index (χ3v) is 3.76. The molecule has 0 fully saturated rings. The van der Waals surface area contributed by atoms with E-state index in [4.69, 9.17) is 17.0 Å². The summed E-state index contributed by atoms with van der Waals surface area (Å²) in [5.74, 6) is -0.298. The average molecular weight is 394 g/mol. The lowest BCUT2D eigenvalue weighted by Crippen LogP contribution is -2.04. The number of nitrogens with zero attached hydrogens (tertiary/aromatic N) is 3. The van der Waals surface area contributed by atoms with E-state index in [0.29, 0.717) is 5.56 Å². The predicted molar refractivity (Wildman–Crippen MR) is 95.4 cm³/mol. The number of alkyl halides is 2. The van der Waals surface area contributed by atoms with Gasteiger partial charge in [-0.05, 0) is 48.1 Å². The van der Waals surface area contributed by atoms with Gasteiger partial charge in [0.05, 0.1) is 18.9 Å². The summed E-state index contributed by atoms with van der Waals surface area (Å²) in [5, 5.41) is 10.7. The summed E-state index contributed by atoms with van der Waals surface area (Å²) in [5.41, 5.74) is 0.646. The van der Waals surface area contributed by atoms with Crippen LogP contribution >= 0.6 is 12.2 Å². The van der Waals surface area contributed by atoms with Gasteiger partial charge < -0.3 is 9.47 Å². The number of ether oxygens (including phenoxy) is 2. The number of H-pyrrole nitrogens is 1. The van der Waals surface area contributed by atoms with Crippen LogP contribution in [0.1, 0.15) is 5.56 Å². The van der Waals surface area contributed by atoms with Gasteiger partial charge in [0, 0.05) is 0 Å². The Morgan fingerprint density at radius 2 is 2.00 bits per heavy atom. The Morgan fingerprint density at radius 1 is 1.22 bits per heavy atom. The van der Waals surface area contributed by atoms with E-state index in [1.807, 2.05) is 0 Å². The third-order valence-electron chi connectivity index (χ3n) is 3.49. The fourth-order valence-corrected chi connectivity index (χ4v) is 2.48. The highest BCUT2D eigenvalue weighted by Crippen LogP contribution is 2.29. The SMILES string of the molecule is COc1ccc(/C=N\n2c(-c3ccccc3F)n[nH]c2=S)cc1OC(F)F. The molecule has 3 aromatic rings. The van der Waals surface area contributed by atoms with Crippen LogP contribution in [0.5, 0.6) is 11.5 Å². The third kappa shape index (κ3) is 4.17. The maximum absolute atomic E-state index is 14.0. The second-order valence-corrected chi connectivity index (χ2v) is 5.56. The van der Waals surface area contributed by atoms with E-state index in [1.165, 1.54) is 42.3 Å². The smallest absolute Gasteiger partial charge is 0.387 e. The van der Waals surface area contributed by atoms with Gasteiger partial charge >= 0.3 is 6.61 Å². The number of halogens is 3. The number of methoxy groups -OCH3 is 1. The van der Waals surface area contributed by atoms with E-state index in [0.717, 1.165) is 0 Å². The van der Waals surface area contributed by atoms with Crippen molar-refractivity contribution < 1.29 is 22.6 Å². The number of hydrogen-bond acceptors (Lipinski definition) is 5. The van der Waals surface area contributed by atoms with Gasteiger partial charge in [-0.25, -0.2) is 9.49 Å². The molecule has 0 saturated carbocycles. The van der Waals surface area contributed by atoms with E-state index in [-0.39, 0.29) is 27.7 Å². The Bertz CT molecular complexity index is 1030. The summed E-state index contributed by atoms with van der Waals surface area (Å²) in [6.45, 7) is -3.00. The molecular formula is C17H13F3N4O2S. The fraction of sp³-hybridized carbons (Fsp3) is 0.118. The van der Waals surface area contributed by atoms with Gasteiger partial charge in [0.1, 0.15) is 5.82 Å². The molecule has 0 spiro atoms. The van der Waals surface area contributed by atoms with Gasteiger partial charge in [-0.1, -0.05) is 12.1 Å². The second-order valence-electron chi connectivity index (χ2n) is 5.18. The number of hydrogen-bond donors (Lipinski definition) is 1. The van der Waals surface area contributed by atoms with Crippen LogP contribution in [0.25, 0.3) is 11.4 Å². The molecule has 6 nitrogen and oxygen atoms in total. The van der Waals surface area contributed by atoms with Crippen LogP contribution in [0.3, 0.4) is 0 Å². The highest BCUT2D eigenvalue weighted by molar-refractivity contribution is 7.71. The van der Waals surface area contributed by atoms with Crippen LogP contribution in [-0.2, 0) is 0 Å². The highest BCUT2D eigenvalue weighted by Gasteiger charge is 2.13. The molecule has 3 rings (SSSR count). The van der Waals surface area contributed by atoms with Crippen molar-refractivity contribution in [1.29, 1.82) is 0 Å². The number of aromatic nitrogens is 3. The number of aromatic amines is 1. The molecular weight excluding hydrogens is 381 g/mol. The summed E-state index contributed by atoms with van der Waals surface area (Å²) in [4.78, 5) is 0. The molecule has 1 heterocycles. The minimum Gasteiger partial charge on any atom is -0.493 e. The lowest BCUT2D eigenvalue weighted by molar-refractivity contribution is -0.0512. The molecule has 10 heteroatoms. The topological polar surface area (TPSA) is 64.4 Å². The molecule has 0 unspecified atom stereocenters. The van der Waals surface area contributed by atoms with Crippen molar-refractivity contribution in [2.45, 2.75) is 6.61 Å². The Labute approximate surface area is 156 Å². The Morgan fingerprint density at radius 3 is 2.70 bits per heavy atom. The normalized spacial score (nSPS) is 11.3. The number of rotatable bonds is 6. The minimum absolute atomic E-state index is 0.137. The molecule has 1 N–H and O–H groups in total. The first-order valence-electron chi connectivity index (χ1n) is 7.59. The predicted octanol–water partition coefficient (Wildman–Crippen LogP) is 4.24. The van der Waals surface area contributed by atoms with Crippen molar-refractivity contribution >= 4 is 18.4 Å². The molecule has 27 heavy (non-hydrogen) atoms. The summed E-state index contributed by atoms with van der Waals surface area (Å²) in [6.07, 6.45) is 1.35. The van der Waals surface area contributed by atoms with Crippen molar-refractivity contribution in [2.75, 3.05) is 7.11 Å². The van der Waals surface area contributed by atoms with Crippen LogP contribution in [0.2, 0.25) is 0 Å². The molecule has 1 aromatic heterocycles. The molecule has 0 saturated heterocycles. The first-order chi connectivity index (χ1) is 13.0. The molecule has 0 aliphatic carbocycles. The van der Waals surface area contributed by atoms with Gasteiger partial charge in [0.25, 0.3) is 0 Å². The summed E-state index contributed by atoms with van der Waals surface area (Å²) in [6, 6.07) is 10.4. The molecule has 0 radical (unpaired) electrons. The molecule has 2 aromatic carbocycles. The summed E-state index contributed by atoms with van der Waals surface area (Å²) >= 11 is 5.12. The zero-order valence-electron chi connectivity index (χ0n) is 13.9. The van der Waals surface area contributed by atoms with Crippen molar-refractivity contribution in [2.24, 2.45) is 5.10 Å². The van der Waals surface area contributed by atoms with Gasteiger partial charge in [-0.2, -0.15) is 23.7 Å². The maximum Gasteiger partial charge on any atom is 0.387 e. The van der Waals surface area contributed by atoms with Crippen LogP contribution in [0, 0.1) is 10.6 Å². The van der Waals surface area contributed by atoms with Crippen molar-refractivity contribution in [3.63, 3.8) is 0 Å². The van der Waals surface area contributed by atoms with Gasteiger partial charge in [0.15, 0.2) is 17.3 Å². The first-order valence-corrected chi connectivity index (χ1v) is 8.00. The number of nitrogens with one attached hydrogen (secondary N) is 1. The zero-order chi connectivity index (χ0) is 19.4. The quantitative estimate of drug-likeness (QED) is 0.502. The lowest BCUT2D eigenvalue weighted by Gasteiger charge is -2.10. The number of benzene rings is 2. The monoisotopic (exact) mass is 394 g/mol. The van der Waals surface area contributed by atoms with E-state index >= 15 is 0 Å². The molecule has 140 valence electrons. The fourth-order valence-electron chi connectivity index (χ4n) is 2.30. The molecule has 0 amide bonds. The molecule has 0 bridgehead atoms. The van der Waals surface area contributed by atoms with E-state index in [1.54, 1.807) is 18.2 Å². The summed E-state index contributed by atoms with van der Waals surface area (Å²) in [7, 11) is 1.34. The molecule has 0 atom stereocenters. The molecule has 0 aliphatic heterocycles. The van der Waals surface area contributed by atoms with Crippen LogP contribution in [0.4, 0.5) is 13.2 Å². The largest absolute Gasteiger partial charge is 0.493 e. The highest BCUT2D eigenvalue weighted by atomic mass is 32.1. The van der Waals surface area contributed by atoms with E-state index in [9.17, 15) is 13.2 Å². The van der Waals surface area contributed by atoms with Crippen molar-refractivity contribution in [1.82, 2.24) is 14.9 Å². The van der Waals surface area contributed by atoms with Crippen molar-refractivity contribution in [3.8, 4) is 22.9 Å². The van der Waals surface area contributed by atoms with Gasteiger partial charge in [0.2, 0.25) is 4.77 Å². The maximum atomic E-state index is 14.0. The second kappa shape index (κ2) is 8.04. The Kier molecular flexibility index (Phi) is 5.55. The average Bonchev–Trinajstić information content (AvgIpc) is 3.00. The zero-order valence-corrected chi connectivity index (χ0v) is 14.7. The van der Waals surface area contributed by atoms with Crippen LogP contribution in [0.15, 0.2) is 47.6 Å². The summed E-state index contributed by atoms with van der Waals surface area (Å²) < 4.78 is 49.9. The van der Waals surface area contributed by atoms with Gasteiger partial charge in [-0.3, -0.25) is 0 Å². The Balaban J connectivity index is 1.97. The first kappa shape index (κ1) is 18.6. The molecule has 0 aliphatic rings. The lowest BCUT2D eigenvalue weighted by atomic mass is 10.2. The standard InChI is InChI=1S/C17H13F3N4O2S/c1-25-13-7-6-10(8-14(13)26-16(19)20)9-21-24-15(22-23-17(24)27)11-4-2-3-5-12(11)18/h2-9,16H,1H3,(H,23,27)/b21-9-. The Hall–Kier alpha value is -3.14. The van der Waals surface area contributed by atoms with Crippen LogP contribution < -0.4 is 9.47 Å².